The number of aryl methyl sites for hydroxylation is 1. The highest BCUT2D eigenvalue weighted by molar-refractivity contribution is 5.70. The van der Waals surface area contributed by atoms with Gasteiger partial charge in [-0.05, 0) is 12.1 Å². The van der Waals surface area contributed by atoms with E-state index >= 15 is 0 Å². The van der Waals surface area contributed by atoms with Gasteiger partial charge in [-0.2, -0.15) is 5.10 Å². The molecule has 2 aromatic rings. The molecule has 1 aromatic heterocycles. The average molecular weight is 347 g/mol. The fourth-order valence-corrected chi connectivity index (χ4v) is 2.81. The van der Waals surface area contributed by atoms with Crippen molar-refractivity contribution in [3.05, 3.63) is 35.4 Å². The minimum absolute atomic E-state index is 0.402. The quantitative estimate of drug-likeness (QED) is 0.711. The van der Waals surface area contributed by atoms with Crippen LogP contribution in [0.15, 0.2) is 30.5 Å². The number of nitrogens with zero attached hydrogens (tertiary/aromatic N) is 4. The van der Waals surface area contributed by atoms with Gasteiger partial charge in [0.15, 0.2) is 7.11 Å². The van der Waals surface area contributed by atoms with E-state index in [9.17, 15) is 4.91 Å². The van der Waals surface area contributed by atoms with E-state index in [4.69, 9.17) is 14.3 Å². The summed E-state index contributed by atoms with van der Waals surface area (Å²) in [6, 6.07) is 7.11. The smallest absolute Gasteiger partial charge is 0.317 e. The molecule has 1 aliphatic rings. The second-order valence-electron chi connectivity index (χ2n) is 5.76. The van der Waals surface area contributed by atoms with Crippen LogP contribution in [-0.2, 0) is 16.6 Å². The summed E-state index contributed by atoms with van der Waals surface area (Å²) < 4.78 is 13.1. The van der Waals surface area contributed by atoms with E-state index in [-0.39, 0.29) is 0 Å². The summed E-state index contributed by atoms with van der Waals surface area (Å²) in [5.74, 6) is 0.713. The van der Waals surface area contributed by atoms with Gasteiger partial charge < -0.3 is 9.47 Å². The van der Waals surface area contributed by atoms with Crippen molar-refractivity contribution < 1.29 is 19.2 Å². The number of benzene rings is 1. The van der Waals surface area contributed by atoms with Crippen LogP contribution in [0.4, 0.5) is 5.69 Å². The Morgan fingerprint density at radius 1 is 1.28 bits per heavy atom. The average Bonchev–Trinajstić information content (AvgIpc) is 3.08. The molecule has 8 heteroatoms. The molecular weight excluding hydrogens is 324 g/mol. The molecule has 1 aliphatic heterocycles. The second kappa shape index (κ2) is 8.09. The van der Waals surface area contributed by atoms with Gasteiger partial charge in [-0.3, -0.25) is 9.58 Å². The van der Waals surface area contributed by atoms with Crippen LogP contribution in [0.3, 0.4) is 0 Å². The van der Waals surface area contributed by atoms with Crippen LogP contribution in [-0.4, -0.2) is 66.2 Å². The zero-order chi connectivity index (χ0) is 17.6. The van der Waals surface area contributed by atoms with Gasteiger partial charge in [-0.25, -0.2) is 4.84 Å². The fraction of sp³-hybridized carbons (Fsp3) is 0.471. The van der Waals surface area contributed by atoms with Crippen LogP contribution in [0.5, 0.6) is 5.75 Å². The molecule has 25 heavy (non-hydrogen) atoms. The predicted molar refractivity (Wildman–Crippen MR) is 91.7 cm³/mol. The standard InChI is InChI=1S/C17H23N4O4/c1-19-16(5-6-18-19)15-13-14(21(22)23-2)3-4-17(15)25-12-9-20-7-10-24-11-8-20/h3-6,13H,7-12H2,1-2H3/q+1. The number of aromatic nitrogens is 2. The third-order valence-corrected chi connectivity index (χ3v) is 4.21. The highest BCUT2D eigenvalue weighted by Gasteiger charge is 2.20. The minimum atomic E-state index is 0.402. The van der Waals surface area contributed by atoms with Crippen molar-refractivity contribution in [2.75, 3.05) is 46.6 Å². The van der Waals surface area contributed by atoms with Gasteiger partial charge in [-0.1, -0.05) is 0 Å². The molecule has 1 saturated heterocycles. The first-order valence-electron chi connectivity index (χ1n) is 8.25. The summed E-state index contributed by atoms with van der Waals surface area (Å²) in [7, 11) is 3.19. The maximum absolute atomic E-state index is 11.8. The van der Waals surface area contributed by atoms with Crippen LogP contribution >= 0.6 is 0 Å². The molecule has 0 aliphatic carbocycles. The van der Waals surface area contributed by atoms with Crippen molar-refractivity contribution in [3.8, 4) is 17.0 Å². The van der Waals surface area contributed by atoms with E-state index in [1.807, 2.05) is 13.1 Å². The van der Waals surface area contributed by atoms with Gasteiger partial charge in [0, 0.05) is 50.6 Å². The fourth-order valence-electron chi connectivity index (χ4n) is 2.81. The monoisotopic (exact) mass is 347 g/mol. The number of hydrogen-bond acceptors (Lipinski definition) is 6. The first-order chi connectivity index (χ1) is 12.2. The maximum Gasteiger partial charge on any atom is 0.317 e. The van der Waals surface area contributed by atoms with Gasteiger partial charge in [0.2, 0.25) is 0 Å². The van der Waals surface area contributed by atoms with Crippen LogP contribution in [0.2, 0.25) is 0 Å². The van der Waals surface area contributed by atoms with Crippen LogP contribution in [0.1, 0.15) is 0 Å². The zero-order valence-electron chi connectivity index (χ0n) is 14.6. The summed E-state index contributed by atoms with van der Waals surface area (Å²) in [4.78, 5) is 19.3. The van der Waals surface area contributed by atoms with Gasteiger partial charge in [0.25, 0.3) is 4.92 Å². The Balaban J connectivity index is 1.77. The van der Waals surface area contributed by atoms with Gasteiger partial charge >= 0.3 is 5.69 Å². The molecule has 8 nitrogen and oxygen atoms in total. The number of ether oxygens (including phenoxy) is 2. The van der Waals surface area contributed by atoms with E-state index in [1.54, 1.807) is 29.1 Å². The molecule has 0 atom stereocenters. The van der Waals surface area contributed by atoms with Crippen LogP contribution in [0.25, 0.3) is 11.3 Å². The van der Waals surface area contributed by atoms with E-state index < -0.39 is 0 Å². The van der Waals surface area contributed by atoms with Crippen LogP contribution in [0, 0.1) is 4.91 Å². The number of rotatable bonds is 7. The Bertz CT molecular complexity index is 725. The van der Waals surface area contributed by atoms with Gasteiger partial charge in [0.05, 0.1) is 23.8 Å². The summed E-state index contributed by atoms with van der Waals surface area (Å²) in [6.07, 6.45) is 1.71. The zero-order valence-corrected chi connectivity index (χ0v) is 14.6. The minimum Gasteiger partial charge on any atom is -0.492 e. The molecule has 0 bridgehead atoms. The normalized spacial score (nSPS) is 15.1. The molecule has 3 rings (SSSR count). The Labute approximate surface area is 146 Å². The van der Waals surface area contributed by atoms with Crippen molar-refractivity contribution in [2.45, 2.75) is 0 Å². The molecule has 0 amide bonds. The highest BCUT2D eigenvalue weighted by Crippen LogP contribution is 2.33. The Hall–Kier alpha value is -2.45. The lowest BCUT2D eigenvalue weighted by Crippen LogP contribution is -2.38. The Morgan fingerprint density at radius 3 is 2.76 bits per heavy atom. The first kappa shape index (κ1) is 17.4. The predicted octanol–water partition coefficient (Wildman–Crippen LogP) is 1.77. The third kappa shape index (κ3) is 4.15. The Morgan fingerprint density at radius 2 is 2.08 bits per heavy atom. The number of hydrogen-bond donors (Lipinski definition) is 0. The van der Waals surface area contributed by atoms with Crippen molar-refractivity contribution in [1.82, 2.24) is 14.7 Å². The summed E-state index contributed by atoms with van der Waals surface area (Å²) in [6.45, 7) is 4.79. The van der Waals surface area contributed by atoms with Crippen molar-refractivity contribution in [1.29, 1.82) is 0 Å². The molecule has 0 unspecified atom stereocenters. The van der Waals surface area contributed by atoms with Crippen molar-refractivity contribution in [3.63, 3.8) is 0 Å². The van der Waals surface area contributed by atoms with E-state index in [1.165, 1.54) is 7.11 Å². The second-order valence-corrected chi connectivity index (χ2v) is 5.76. The van der Waals surface area contributed by atoms with Crippen LogP contribution < -0.4 is 4.74 Å². The molecule has 1 aromatic carbocycles. The summed E-state index contributed by atoms with van der Waals surface area (Å²) >= 11 is 0. The summed E-state index contributed by atoms with van der Waals surface area (Å²) in [5.41, 5.74) is 2.07. The lowest BCUT2D eigenvalue weighted by Gasteiger charge is -2.26. The van der Waals surface area contributed by atoms with Gasteiger partial charge in [-0.15, -0.1) is 0 Å². The molecule has 0 radical (unpaired) electrons. The molecule has 2 heterocycles. The highest BCUT2D eigenvalue weighted by atomic mass is 16.8. The molecule has 0 N–H and O–H groups in total. The topological polar surface area (TPSA) is 68.8 Å². The Kier molecular flexibility index (Phi) is 5.62. The molecular formula is C17H23N4O4+. The lowest BCUT2D eigenvalue weighted by atomic mass is 10.1. The van der Waals surface area contributed by atoms with Gasteiger partial charge in [0.1, 0.15) is 12.4 Å². The van der Waals surface area contributed by atoms with E-state index in [0.29, 0.717) is 23.0 Å². The SMILES string of the molecule is CO[N+](=O)c1ccc(OCCN2CCOCC2)c(-c2ccnn2C)c1. The van der Waals surface area contributed by atoms with E-state index in [0.717, 1.165) is 44.1 Å². The molecule has 1 fully saturated rings. The first-order valence-corrected chi connectivity index (χ1v) is 8.25. The summed E-state index contributed by atoms with van der Waals surface area (Å²) in [5, 5.41) is 4.20. The van der Waals surface area contributed by atoms with E-state index in [2.05, 4.69) is 10.00 Å². The molecule has 0 spiro atoms. The number of morpholine rings is 1. The lowest BCUT2D eigenvalue weighted by molar-refractivity contribution is -0.736. The third-order valence-electron chi connectivity index (χ3n) is 4.21. The molecule has 134 valence electrons. The largest absolute Gasteiger partial charge is 0.492 e. The molecule has 0 saturated carbocycles. The van der Waals surface area contributed by atoms with Crippen molar-refractivity contribution >= 4 is 5.69 Å². The maximum atomic E-state index is 11.8. The van der Waals surface area contributed by atoms with Crippen molar-refractivity contribution in [2.24, 2.45) is 7.05 Å².